The van der Waals surface area contributed by atoms with Gasteiger partial charge in [0, 0.05) is 38.1 Å². The number of aromatic nitrogens is 2. The monoisotopic (exact) mass is 389 g/mol. The van der Waals surface area contributed by atoms with Gasteiger partial charge in [0.25, 0.3) is 5.91 Å². The molecule has 0 aliphatic carbocycles. The summed E-state index contributed by atoms with van der Waals surface area (Å²) in [5.41, 5.74) is 2.70. The molecule has 3 aromatic rings. The zero-order valence-electron chi connectivity index (χ0n) is 16.7. The van der Waals surface area contributed by atoms with Gasteiger partial charge in [-0.25, -0.2) is 4.98 Å². The first kappa shape index (κ1) is 19.4. The number of likely N-dealkylation sites (tertiary alicyclic amines) is 1. The van der Waals surface area contributed by atoms with Gasteiger partial charge in [-0.15, -0.1) is 0 Å². The van der Waals surface area contributed by atoms with E-state index < -0.39 is 0 Å². The summed E-state index contributed by atoms with van der Waals surface area (Å²) in [7, 11) is 1.93. The highest BCUT2D eigenvalue weighted by Gasteiger charge is 2.29. The van der Waals surface area contributed by atoms with Gasteiger partial charge in [0.2, 0.25) is 0 Å². The van der Waals surface area contributed by atoms with Crippen molar-refractivity contribution in [1.29, 1.82) is 0 Å². The zero-order chi connectivity index (χ0) is 20.2. The van der Waals surface area contributed by atoms with Crippen molar-refractivity contribution >= 4 is 5.91 Å². The topological polar surface area (TPSA) is 58.4 Å². The van der Waals surface area contributed by atoms with Crippen molar-refractivity contribution in [3.63, 3.8) is 0 Å². The van der Waals surface area contributed by atoms with E-state index in [1.165, 1.54) is 0 Å². The second-order valence-corrected chi connectivity index (χ2v) is 7.79. The normalized spacial score (nSPS) is 16.0. The lowest BCUT2D eigenvalue weighted by atomic mass is 9.87. The minimum Gasteiger partial charge on any atom is -0.392 e. The Hall–Kier alpha value is -2.92. The van der Waals surface area contributed by atoms with Crippen LogP contribution in [0.1, 0.15) is 28.8 Å². The summed E-state index contributed by atoms with van der Waals surface area (Å²) in [4.78, 5) is 19.5. The molecule has 0 saturated carbocycles. The highest BCUT2D eigenvalue weighted by Crippen LogP contribution is 2.27. The van der Waals surface area contributed by atoms with Crippen molar-refractivity contribution in [3.05, 3.63) is 78.1 Å². The minimum absolute atomic E-state index is 0.0413. The number of rotatable bonds is 5. The fourth-order valence-corrected chi connectivity index (χ4v) is 4.17. The largest absolute Gasteiger partial charge is 0.392 e. The van der Waals surface area contributed by atoms with Gasteiger partial charge >= 0.3 is 0 Å². The van der Waals surface area contributed by atoms with E-state index in [4.69, 9.17) is 0 Å². The first-order valence-electron chi connectivity index (χ1n) is 10.2. The summed E-state index contributed by atoms with van der Waals surface area (Å²) in [5, 5.41) is 10.7. The van der Waals surface area contributed by atoms with Gasteiger partial charge in [0.1, 0.15) is 5.82 Å². The molecule has 1 aromatic heterocycles. The standard InChI is InChI=1S/C24H27N3O2/c1-26-16-13-25-23(26)20-9-5-6-10-21(20)24(29)27-14-11-19(12-15-27)22(28)17-18-7-3-2-4-8-18/h2-10,13,16,19,22,28H,11-12,14-15,17H2,1H3. The van der Waals surface area contributed by atoms with Gasteiger partial charge in [0.05, 0.1) is 11.7 Å². The van der Waals surface area contributed by atoms with Gasteiger partial charge in [-0.1, -0.05) is 48.5 Å². The number of nitrogens with zero attached hydrogens (tertiary/aromatic N) is 3. The first-order valence-corrected chi connectivity index (χ1v) is 10.2. The number of amides is 1. The molecule has 2 heterocycles. The van der Waals surface area contributed by atoms with E-state index in [2.05, 4.69) is 17.1 Å². The third kappa shape index (κ3) is 4.25. The fourth-order valence-electron chi connectivity index (χ4n) is 4.17. The fraction of sp³-hybridized carbons (Fsp3) is 0.333. The van der Waals surface area contributed by atoms with Crippen LogP contribution in [-0.2, 0) is 13.5 Å². The lowest BCUT2D eigenvalue weighted by Crippen LogP contribution is -2.41. The van der Waals surface area contributed by atoms with Crippen LogP contribution in [0.5, 0.6) is 0 Å². The van der Waals surface area contributed by atoms with Gasteiger partial charge < -0.3 is 14.6 Å². The zero-order valence-corrected chi connectivity index (χ0v) is 16.7. The molecule has 4 rings (SSSR count). The average molecular weight is 389 g/mol. The maximum absolute atomic E-state index is 13.2. The molecule has 0 bridgehead atoms. The number of aliphatic hydroxyl groups excluding tert-OH is 1. The van der Waals surface area contributed by atoms with Crippen molar-refractivity contribution in [2.75, 3.05) is 13.1 Å². The van der Waals surface area contributed by atoms with E-state index in [1.807, 2.05) is 65.2 Å². The number of carbonyl (C=O) groups excluding carboxylic acids is 1. The number of aryl methyl sites for hydroxylation is 1. The number of imidazole rings is 1. The summed E-state index contributed by atoms with van der Waals surface area (Å²) in [6.07, 6.45) is 5.58. The van der Waals surface area contributed by atoms with Crippen molar-refractivity contribution in [1.82, 2.24) is 14.5 Å². The SMILES string of the molecule is Cn1ccnc1-c1ccccc1C(=O)N1CCC(C(O)Cc2ccccc2)CC1. The molecule has 1 fully saturated rings. The molecule has 1 aliphatic heterocycles. The first-order chi connectivity index (χ1) is 14.1. The summed E-state index contributed by atoms with van der Waals surface area (Å²) in [5.74, 6) is 1.06. The van der Waals surface area contributed by atoms with E-state index in [-0.39, 0.29) is 17.9 Å². The van der Waals surface area contributed by atoms with Crippen LogP contribution >= 0.6 is 0 Å². The molecule has 150 valence electrons. The number of aliphatic hydroxyl groups is 1. The Balaban J connectivity index is 1.42. The Morgan fingerprint density at radius 2 is 1.79 bits per heavy atom. The van der Waals surface area contributed by atoms with E-state index in [0.717, 1.165) is 29.8 Å². The number of hydrogen-bond donors (Lipinski definition) is 1. The Morgan fingerprint density at radius 3 is 2.48 bits per heavy atom. The molecular formula is C24H27N3O2. The van der Waals surface area contributed by atoms with Crippen LogP contribution in [-0.4, -0.2) is 44.7 Å². The predicted molar refractivity (Wildman–Crippen MR) is 113 cm³/mol. The average Bonchev–Trinajstić information content (AvgIpc) is 3.20. The maximum atomic E-state index is 13.2. The molecular weight excluding hydrogens is 362 g/mol. The summed E-state index contributed by atoms with van der Waals surface area (Å²) in [6, 6.07) is 17.8. The molecule has 29 heavy (non-hydrogen) atoms. The Kier molecular flexibility index (Phi) is 5.76. The van der Waals surface area contributed by atoms with Gasteiger partial charge in [-0.3, -0.25) is 4.79 Å². The lowest BCUT2D eigenvalue weighted by molar-refractivity contribution is 0.0468. The predicted octanol–water partition coefficient (Wildman–Crippen LogP) is 3.54. The summed E-state index contributed by atoms with van der Waals surface area (Å²) in [6.45, 7) is 1.34. The number of benzene rings is 2. The molecule has 1 saturated heterocycles. The molecule has 0 spiro atoms. The molecule has 5 heteroatoms. The van der Waals surface area contributed by atoms with Crippen LogP contribution in [0, 0.1) is 5.92 Å². The van der Waals surface area contributed by atoms with Crippen LogP contribution < -0.4 is 0 Å². The third-order valence-corrected chi connectivity index (χ3v) is 5.88. The van der Waals surface area contributed by atoms with E-state index in [1.54, 1.807) is 6.20 Å². The van der Waals surface area contributed by atoms with E-state index in [9.17, 15) is 9.90 Å². The molecule has 1 aliphatic rings. The van der Waals surface area contributed by atoms with Crippen molar-refractivity contribution in [2.45, 2.75) is 25.4 Å². The molecule has 0 radical (unpaired) electrons. The minimum atomic E-state index is -0.366. The van der Waals surface area contributed by atoms with E-state index >= 15 is 0 Å². The van der Waals surface area contributed by atoms with Gasteiger partial charge in [0.15, 0.2) is 0 Å². The Labute approximate surface area is 171 Å². The van der Waals surface area contributed by atoms with Crippen molar-refractivity contribution < 1.29 is 9.90 Å². The van der Waals surface area contributed by atoms with Gasteiger partial charge in [-0.2, -0.15) is 0 Å². The Morgan fingerprint density at radius 1 is 1.10 bits per heavy atom. The molecule has 1 atom stereocenters. The quantitative estimate of drug-likeness (QED) is 0.726. The highest BCUT2D eigenvalue weighted by molar-refractivity contribution is 6.00. The number of hydrogen-bond acceptors (Lipinski definition) is 3. The van der Waals surface area contributed by atoms with Gasteiger partial charge in [-0.05, 0) is 36.8 Å². The van der Waals surface area contributed by atoms with Crippen LogP contribution in [0.3, 0.4) is 0 Å². The number of piperidine rings is 1. The highest BCUT2D eigenvalue weighted by atomic mass is 16.3. The third-order valence-electron chi connectivity index (χ3n) is 5.88. The van der Waals surface area contributed by atoms with Crippen LogP contribution in [0.25, 0.3) is 11.4 Å². The molecule has 1 N–H and O–H groups in total. The van der Waals surface area contributed by atoms with Crippen LogP contribution in [0.2, 0.25) is 0 Å². The molecule has 2 aromatic carbocycles. The van der Waals surface area contributed by atoms with Crippen LogP contribution in [0.15, 0.2) is 67.0 Å². The lowest BCUT2D eigenvalue weighted by Gasteiger charge is -2.34. The Bertz CT molecular complexity index is 959. The second-order valence-electron chi connectivity index (χ2n) is 7.79. The molecule has 5 nitrogen and oxygen atoms in total. The molecule has 1 amide bonds. The van der Waals surface area contributed by atoms with E-state index in [0.29, 0.717) is 25.1 Å². The number of carbonyl (C=O) groups is 1. The second kappa shape index (κ2) is 8.62. The van der Waals surface area contributed by atoms with Crippen molar-refractivity contribution in [3.8, 4) is 11.4 Å². The van der Waals surface area contributed by atoms with Crippen LogP contribution in [0.4, 0.5) is 0 Å². The summed E-state index contributed by atoms with van der Waals surface area (Å²) < 4.78 is 1.93. The summed E-state index contributed by atoms with van der Waals surface area (Å²) >= 11 is 0. The molecule has 1 unspecified atom stereocenters. The smallest absolute Gasteiger partial charge is 0.254 e. The maximum Gasteiger partial charge on any atom is 0.254 e. The van der Waals surface area contributed by atoms with Crippen molar-refractivity contribution in [2.24, 2.45) is 13.0 Å².